The third kappa shape index (κ3) is 6.20. The van der Waals surface area contributed by atoms with Crippen LogP contribution in [-0.4, -0.2) is 98.9 Å². The minimum absolute atomic E-state index is 0.0383. The number of nitroso groups, excluding NO2 is 1. The number of amides is 2. The molecule has 29 heavy (non-hydrogen) atoms. The van der Waals surface area contributed by atoms with Crippen molar-refractivity contribution in [1.29, 1.82) is 0 Å². The number of aliphatic hydroxyl groups excluding tert-OH is 4. The molecule has 0 aromatic rings. The maximum atomic E-state index is 12.7. The van der Waals surface area contributed by atoms with Crippen LogP contribution < -0.4 is 0 Å². The van der Waals surface area contributed by atoms with Crippen LogP contribution in [0.5, 0.6) is 0 Å². The first-order chi connectivity index (χ1) is 13.7. The Labute approximate surface area is 174 Å². The number of ether oxygens (including phenoxy) is 2. The highest BCUT2D eigenvalue weighted by molar-refractivity contribution is 6.18. The van der Waals surface area contributed by atoms with E-state index < -0.39 is 43.0 Å². The van der Waals surface area contributed by atoms with E-state index in [0.717, 1.165) is 17.7 Å². The summed E-state index contributed by atoms with van der Waals surface area (Å²) in [6.45, 7) is 3.91. The smallest absolute Gasteiger partial charge is 0.345 e. The van der Waals surface area contributed by atoms with Crippen LogP contribution in [0.4, 0.5) is 4.79 Å². The number of nitrogens with zero attached hydrogens (tertiary/aromatic N) is 3. The molecule has 2 fully saturated rings. The number of aliphatic hydroxyl groups is 4. The molecule has 168 valence electrons. The second kappa shape index (κ2) is 10.8. The standard InChI is InChI=1S/C17H30ClN3O8/c1-9(2)8-28-16-13(24)11(22)12(23)14(29-16)15(25)20(7-10-3-4-10)17(26)21(19-27)6-5-18/h9-16,22-25H,3-8H2,1-2H3/t11-,12-,13-,14-,15?,16-/m0/s1. The molecule has 0 spiro atoms. The zero-order chi connectivity index (χ0) is 21.7. The predicted octanol–water partition coefficient (Wildman–Crippen LogP) is -0.161. The monoisotopic (exact) mass is 439 g/mol. The number of halogens is 1. The second-order valence-electron chi connectivity index (χ2n) is 7.85. The number of rotatable bonds is 10. The Morgan fingerprint density at radius 3 is 2.41 bits per heavy atom. The molecule has 2 amide bonds. The van der Waals surface area contributed by atoms with Gasteiger partial charge >= 0.3 is 6.03 Å². The molecule has 1 saturated carbocycles. The third-order valence-electron chi connectivity index (χ3n) is 4.83. The molecule has 1 aliphatic heterocycles. The molecule has 6 atom stereocenters. The van der Waals surface area contributed by atoms with Gasteiger partial charge in [-0.05, 0) is 24.7 Å². The Bertz CT molecular complexity index is 553. The number of hydrogen-bond donors (Lipinski definition) is 4. The Morgan fingerprint density at radius 1 is 1.24 bits per heavy atom. The number of carbonyl (C=O) groups excluding carboxylic acids is 1. The molecule has 4 N–H and O–H groups in total. The average Bonchev–Trinajstić information content (AvgIpc) is 3.51. The van der Waals surface area contributed by atoms with Crippen molar-refractivity contribution in [3.63, 3.8) is 0 Å². The van der Waals surface area contributed by atoms with Gasteiger partial charge < -0.3 is 29.9 Å². The lowest BCUT2D eigenvalue weighted by atomic mass is 9.97. The van der Waals surface area contributed by atoms with Gasteiger partial charge in [0.25, 0.3) is 0 Å². The Hall–Kier alpha value is -1.08. The van der Waals surface area contributed by atoms with Crippen LogP contribution in [0.2, 0.25) is 0 Å². The lowest BCUT2D eigenvalue weighted by Crippen LogP contribution is -2.65. The maximum absolute atomic E-state index is 12.7. The number of carbonyl (C=O) groups is 1. The molecule has 1 unspecified atom stereocenters. The van der Waals surface area contributed by atoms with Crippen LogP contribution in [0.15, 0.2) is 5.29 Å². The van der Waals surface area contributed by atoms with E-state index >= 15 is 0 Å². The molecule has 0 aromatic heterocycles. The van der Waals surface area contributed by atoms with E-state index in [0.29, 0.717) is 5.01 Å². The van der Waals surface area contributed by atoms with Crippen LogP contribution in [0.25, 0.3) is 0 Å². The molecule has 12 heteroatoms. The summed E-state index contributed by atoms with van der Waals surface area (Å²) in [5, 5.41) is 44.7. The number of alkyl halides is 1. The summed E-state index contributed by atoms with van der Waals surface area (Å²) in [6, 6.07) is -0.892. The van der Waals surface area contributed by atoms with Gasteiger partial charge in [0.1, 0.15) is 24.4 Å². The zero-order valence-electron chi connectivity index (χ0n) is 16.5. The SMILES string of the molecule is CC(C)CO[C@H]1O[C@H](C(O)N(CC2CC2)C(=O)N(CCCl)N=O)[C@@H](O)[C@H](O)[C@@H]1O. The first-order valence-corrected chi connectivity index (χ1v) is 10.2. The summed E-state index contributed by atoms with van der Waals surface area (Å²) in [7, 11) is 0. The van der Waals surface area contributed by atoms with Gasteiger partial charge in [0.15, 0.2) is 12.5 Å². The fraction of sp³-hybridized carbons (Fsp3) is 0.941. The normalized spacial score (nSPS) is 30.8. The number of urea groups is 1. The van der Waals surface area contributed by atoms with Gasteiger partial charge in [-0.25, -0.2) is 4.79 Å². The van der Waals surface area contributed by atoms with Gasteiger partial charge in [-0.15, -0.1) is 16.5 Å². The van der Waals surface area contributed by atoms with Gasteiger partial charge in [0, 0.05) is 12.4 Å². The van der Waals surface area contributed by atoms with Gasteiger partial charge in [0.05, 0.1) is 18.4 Å². The van der Waals surface area contributed by atoms with Crippen LogP contribution in [0.1, 0.15) is 26.7 Å². The average molecular weight is 440 g/mol. The largest absolute Gasteiger partial charge is 0.387 e. The van der Waals surface area contributed by atoms with E-state index in [-0.39, 0.29) is 37.4 Å². The molecule has 0 bridgehead atoms. The topological polar surface area (TPSA) is 152 Å². The zero-order valence-corrected chi connectivity index (χ0v) is 17.3. The lowest BCUT2D eigenvalue weighted by molar-refractivity contribution is -0.319. The summed E-state index contributed by atoms with van der Waals surface area (Å²) in [6.07, 6.45) is -7.71. The van der Waals surface area contributed by atoms with E-state index in [9.17, 15) is 30.1 Å². The van der Waals surface area contributed by atoms with Crippen molar-refractivity contribution in [2.75, 3.05) is 25.6 Å². The summed E-state index contributed by atoms with van der Waals surface area (Å²) in [5.41, 5.74) is 0. The third-order valence-corrected chi connectivity index (χ3v) is 5.00. The second-order valence-corrected chi connectivity index (χ2v) is 8.23. The molecular weight excluding hydrogens is 410 g/mol. The molecule has 0 aromatic carbocycles. The summed E-state index contributed by atoms with van der Waals surface area (Å²) in [4.78, 5) is 24.7. The van der Waals surface area contributed by atoms with Crippen molar-refractivity contribution < 1.29 is 34.7 Å². The predicted molar refractivity (Wildman–Crippen MR) is 102 cm³/mol. The maximum Gasteiger partial charge on any atom is 0.345 e. The van der Waals surface area contributed by atoms with Crippen molar-refractivity contribution >= 4 is 17.6 Å². The molecule has 2 rings (SSSR count). The van der Waals surface area contributed by atoms with Gasteiger partial charge in [-0.3, -0.25) is 4.90 Å². The van der Waals surface area contributed by atoms with Crippen molar-refractivity contribution in [2.24, 2.45) is 17.1 Å². The van der Waals surface area contributed by atoms with Gasteiger partial charge in [-0.1, -0.05) is 13.8 Å². The summed E-state index contributed by atoms with van der Waals surface area (Å²) >= 11 is 5.59. The molecule has 1 saturated heterocycles. The Morgan fingerprint density at radius 2 is 1.90 bits per heavy atom. The van der Waals surface area contributed by atoms with Crippen molar-refractivity contribution in [3.8, 4) is 0 Å². The van der Waals surface area contributed by atoms with E-state index in [1.54, 1.807) is 0 Å². The minimum atomic E-state index is -1.72. The van der Waals surface area contributed by atoms with E-state index in [4.69, 9.17) is 21.1 Å². The summed E-state index contributed by atoms with van der Waals surface area (Å²) in [5.74, 6) is 0.194. The van der Waals surface area contributed by atoms with E-state index in [1.165, 1.54) is 0 Å². The molecule has 1 heterocycles. The van der Waals surface area contributed by atoms with Gasteiger partial charge in [-0.2, -0.15) is 5.01 Å². The molecule has 1 aliphatic carbocycles. The fourth-order valence-corrected chi connectivity index (χ4v) is 3.16. The fourth-order valence-electron chi connectivity index (χ4n) is 3.00. The Balaban J connectivity index is 2.19. The number of hydrogen-bond acceptors (Lipinski definition) is 9. The molecule has 2 aliphatic rings. The van der Waals surface area contributed by atoms with E-state index in [1.807, 2.05) is 13.8 Å². The highest BCUT2D eigenvalue weighted by atomic mass is 35.5. The van der Waals surface area contributed by atoms with Crippen LogP contribution in [0.3, 0.4) is 0 Å². The highest BCUT2D eigenvalue weighted by Crippen LogP contribution is 2.32. The van der Waals surface area contributed by atoms with Crippen LogP contribution in [0, 0.1) is 16.7 Å². The first-order valence-electron chi connectivity index (χ1n) is 9.67. The first kappa shape index (κ1) is 24.2. The van der Waals surface area contributed by atoms with Gasteiger partial charge in [0.2, 0.25) is 0 Å². The van der Waals surface area contributed by atoms with E-state index in [2.05, 4.69) is 5.29 Å². The molecular formula is C17H30ClN3O8. The van der Waals surface area contributed by atoms with Crippen molar-refractivity contribution in [1.82, 2.24) is 9.91 Å². The highest BCUT2D eigenvalue weighted by Gasteiger charge is 2.50. The summed E-state index contributed by atoms with van der Waals surface area (Å²) < 4.78 is 11.0. The van der Waals surface area contributed by atoms with Crippen LogP contribution >= 0.6 is 11.6 Å². The minimum Gasteiger partial charge on any atom is -0.387 e. The molecule has 0 radical (unpaired) electrons. The lowest BCUT2D eigenvalue weighted by Gasteiger charge is -2.44. The van der Waals surface area contributed by atoms with Crippen molar-refractivity contribution in [2.45, 2.75) is 63.6 Å². The van der Waals surface area contributed by atoms with Crippen LogP contribution in [-0.2, 0) is 9.47 Å². The Kier molecular flexibility index (Phi) is 9.01. The van der Waals surface area contributed by atoms with Crippen molar-refractivity contribution in [3.05, 3.63) is 4.91 Å². The quantitative estimate of drug-likeness (QED) is 0.158. The molecule has 11 nitrogen and oxygen atoms in total.